The number of likely N-dealkylation sites (tertiary alicyclic amines) is 1. The lowest BCUT2D eigenvalue weighted by atomic mass is 10.2. The fraction of sp³-hybridized carbons (Fsp3) is 0.538. The van der Waals surface area contributed by atoms with Crippen molar-refractivity contribution in [1.82, 2.24) is 24.8 Å². The molecule has 2 aromatic rings. The van der Waals surface area contributed by atoms with Crippen LogP contribution in [0.3, 0.4) is 0 Å². The maximum Gasteiger partial charge on any atom is 0.290 e. The van der Waals surface area contributed by atoms with Gasteiger partial charge in [0, 0.05) is 19.3 Å². The van der Waals surface area contributed by atoms with E-state index in [4.69, 9.17) is 10.3 Å². The van der Waals surface area contributed by atoms with Gasteiger partial charge in [0.15, 0.2) is 0 Å². The van der Waals surface area contributed by atoms with Crippen LogP contribution in [0.15, 0.2) is 16.8 Å². The molecule has 0 saturated carbocycles. The largest absolute Gasteiger partial charge is 0.363 e. The van der Waals surface area contributed by atoms with Crippen molar-refractivity contribution in [2.75, 3.05) is 6.54 Å². The van der Waals surface area contributed by atoms with Gasteiger partial charge in [-0.3, -0.25) is 14.4 Å². The summed E-state index contributed by atoms with van der Waals surface area (Å²) in [5, 5.41) is 7.90. The lowest BCUT2D eigenvalue weighted by Crippen LogP contribution is -2.24. The minimum atomic E-state index is -0.668. The van der Waals surface area contributed by atoms with Gasteiger partial charge in [0.05, 0.1) is 11.7 Å². The zero-order chi connectivity index (χ0) is 14.8. The third kappa shape index (κ3) is 2.66. The predicted molar refractivity (Wildman–Crippen MR) is 73.1 cm³/mol. The van der Waals surface area contributed by atoms with Crippen LogP contribution < -0.4 is 5.73 Å². The molecule has 0 spiro atoms. The van der Waals surface area contributed by atoms with Gasteiger partial charge in [0.1, 0.15) is 0 Å². The quantitative estimate of drug-likeness (QED) is 0.870. The van der Waals surface area contributed by atoms with E-state index in [9.17, 15) is 4.79 Å². The number of rotatable bonds is 5. The molecule has 8 nitrogen and oxygen atoms in total. The van der Waals surface area contributed by atoms with Gasteiger partial charge in [-0.05, 0) is 32.4 Å². The monoisotopic (exact) mass is 290 g/mol. The van der Waals surface area contributed by atoms with Gasteiger partial charge in [0.2, 0.25) is 5.89 Å². The molecule has 0 aliphatic carbocycles. The topological polar surface area (TPSA) is 103 Å². The van der Waals surface area contributed by atoms with Crippen LogP contribution in [-0.2, 0) is 13.1 Å². The van der Waals surface area contributed by atoms with Gasteiger partial charge in [0.25, 0.3) is 11.7 Å². The van der Waals surface area contributed by atoms with Crippen LogP contribution in [0.2, 0.25) is 0 Å². The zero-order valence-electron chi connectivity index (χ0n) is 11.9. The van der Waals surface area contributed by atoms with Crippen LogP contribution >= 0.6 is 0 Å². The van der Waals surface area contributed by atoms with E-state index < -0.39 is 5.91 Å². The first-order valence-electron chi connectivity index (χ1n) is 7.07. The number of hydrogen-bond acceptors (Lipinski definition) is 6. The lowest BCUT2D eigenvalue weighted by Gasteiger charge is -2.21. The van der Waals surface area contributed by atoms with E-state index in [2.05, 4.69) is 27.1 Å². The molecular formula is C13H18N6O2. The summed E-state index contributed by atoms with van der Waals surface area (Å²) >= 11 is 0. The fourth-order valence-electron chi connectivity index (χ4n) is 2.75. The van der Waals surface area contributed by atoms with Crippen molar-refractivity contribution in [3.63, 3.8) is 0 Å². The maximum atomic E-state index is 11.1. The highest BCUT2D eigenvalue weighted by atomic mass is 16.5. The number of carbonyl (C=O) groups is 1. The standard InChI is InChI=1S/C13H18N6O2/c1-2-19-9(5-6-15-19)8-18-7-3-4-10(18)13-16-12(11(14)20)17-21-13/h5-6,10H,2-4,7-8H2,1H3,(H2,14,20)/t10-/m0/s1. The molecule has 3 heterocycles. The van der Waals surface area contributed by atoms with E-state index in [0.717, 1.165) is 38.2 Å². The molecule has 21 heavy (non-hydrogen) atoms. The molecule has 2 N–H and O–H groups in total. The summed E-state index contributed by atoms with van der Waals surface area (Å²) in [5.41, 5.74) is 6.31. The van der Waals surface area contributed by atoms with E-state index >= 15 is 0 Å². The molecular weight excluding hydrogens is 272 g/mol. The van der Waals surface area contributed by atoms with Crippen LogP contribution in [-0.4, -0.2) is 37.3 Å². The van der Waals surface area contributed by atoms with Gasteiger partial charge >= 0.3 is 0 Å². The highest BCUT2D eigenvalue weighted by Crippen LogP contribution is 2.32. The Morgan fingerprint density at radius 2 is 2.43 bits per heavy atom. The smallest absolute Gasteiger partial charge is 0.290 e. The number of carbonyl (C=O) groups excluding carboxylic acids is 1. The molecule has 112 valence electrons. The molecule has 1 amide bonds. The number of aryl methyl sites for hydroxylation is 1. The van der Waals surface area contributed by atoms with Crippen molar-refractivity contribution < 1.29 is 9.32 Å². The van der Waals surface area contributed by atoms with Crippen molar-refractivity contribution in [3.8, 4) is 0 Å². The minimum absolute atomic E-state index is 0.0332. The Bertz CT molecular complexity index is 634. The number of amides is 1. The van der Waals surface area contributed by atoms with Gasteiger partial charge in [-0.1, -0.05) is 5.16 Å². The molecule has 1 aliphatic heterocycles. The summed E-state index contributed by atoms with van der Waals surface area (Å²) in [7, 11) is 0. The van der Waals surface area contributed by atoms with Gasteiger partial charge in [-0.2, -0.15) is 10.1 Å². The van der Waals surface area contributed by atoms with Crippen molar-refractivity contribution in [1.29, 1.82) is 0 Å². The summed E-state index contributed by atoms with van der Waals surface area (Å²) in [6, 6.07) is 2.05. The second-order valence-corrected chi connectivity index (χ2v) is 5.09. The molecule has 1 atom stereocenters. The van der Waals surface area contributed by atoms with E-state index in [0.29, 0.717) is 5.89 Å². The number of nitrogens with zero attached hydrogens (tertiary/aromatic N) is 5. The molecule has 1 saturated heterocycles. The molecule has 0 radical (unpaired) electrons. The lowest BCUT2D eigenvalue weighted by molar-refractivity contribution is 0.0987. The Labute approximate surface area is 121 Å². The SMILES string of the molecule is CCn1nccc1CN1CCC[C@H]1c1nc(C(N)=O)no1. The number of aromatic nitrogens is 4. The van der Waals surface area contributed by atoms with E-state index in [1.165, 1.54) is 0 Å². The number of primary amides is 1. The van der Waals surface area contributed by atoms with Crippen LogP contribution in [0.25, 0.3) is 0 Å². The Morgan fingerprint density at radius 3 is 3.14 bits per heavy atom. The summed E-state index contributed by atoms with van der Waals surface area (Å²) < 4.78 is 7.16. The van der Waals surface area contributed by atoms with Crippen molar-refractivity contribution in [2.24, 2.45) is 5.73 Å². The first-order chi connectivity index (χ1) is 10.2. The van der Waals surface area contributed by atoms with Crippen LogP contribution in [0.5, 0.6) is 0 Å². The van der Waals surface area contributed by atoms with Crippen LogP contribution in [0, 0.1) is 0 Å². The highest BCUT2D eigenvalue weighted by Gasteiger charge is 2.31. The van der Waals surface area contributed by atoms with Crippen molar-refractivity contribution in [3.05, 3.63) is 29.7 Å². The maximum absolute atomic E-state index is 11.1. The Balaban J connectivity index is 1.77. The predicted octanol–water partition coefficient (Wildman–Crippen LogP) is 0.722. The third-order valence-electron chi connectivity index (χ3n) is 3.78. The molecule has 1 fully saturated rings. The second kappa shape index (κ2) is 5.65. The van der Waals surface area contributed by atoms with Crippen LogP contribution in [0.4, 0.5) is 0 Å². The average Bonchev–Trinajstić information content (AvgIpc) is 3.18. The summed E-state index contributed by atoms with van der Waals surface area (Å²) in [6.45, 7) is 4.63. The third-order valence-corrected chi connectivity index (χ3v) is 3.78. The number of nitrogens with two attached hydrogens (primary N) is 1. The van der Waals surface area contributed by atoms with Gasteiger partial charge < -0.3 is 10.3 Å². The van der Waals surface area contributed by atoms with E-state index in [-0.39, 0.29) is 11.9 Å². The van der Waals surface area contributed by atoms with Crippen molar-refractivity contribution in [2.45, 2.75) is 38.9 Å². The Hall–Kier alpha value is -2.22. The fourth-order valence-corrected chi connectivity index (χ4v) is 2.75. The second-order valence-electron chi connectivity index (χ2n) is 5.09. The van der Waals surface area contributed by atoms with E-state index in [1.807, 2.05) is 16.9 Å². The van der Waals surface area contributed by atoms with Crippen molar-refractivity contribution >= 4 is 5.91 Å². The molecule has 3 rings (SSSR count). The summed E-state index contributed by atoms with van der Waals surface area (Å²) in [5.74, 6) is -0.266. The number of hydrogen-bond donors (Lipinski definition) is 1. The van der Waals surface area contributed by atoms with Crippen LogP contribution in [0.1, 0.15) is 48.0 Å². The molecule has 1 aliphatic rings. The average molecular weight is 290 g/mol. The Morgan fingerprint density at radius 1 is 1.57 bits per heavy atom. The molecule has 0 aromatic carbocycles. The molecule has 2 aromatic heterocycles. The first kappa shape index (κ1) is 13.7. The zero-order valence-corrected chi connectivity index (χ0v) is 11.9. The molecule has 8 heteroatoms. The molecule has 0 unspecified atom stereocenters. The highest BCUT2D eigenvalue weighted by molar-refractivity contribution is 5.88. The minimum Gasteiger partial charge on any atom is -0.363 e. The summed E-state index contributed by atoms with van der Waals surface area (Å²) in [6.07, 6.45) is 3.79. The first-order valence-corrected chi connectivity index (χ1v) is 7.07. The van der Waals surface area contributed by atoms with Gasteiger partial charge in [-0.15, -0.1) is 0 Å². The normalized spacial score (nSPS) is 19.2. The van der Waals surface area contributed by atoms with Gasteiger partial charge in [-0.25, -0.2) is 0 Å². The summed E-state index contributed by atoms with van der Waals surface area (Å²) in [4.78, 5) is 17.4. The Kier molecular flexibility index (Phi) is 3.70. The molecule has 0 bridgehead atoms. The van der Waals surface area contributed by atoms with E-state index in [1.54, 1.807) is 0 Å².